The summed E-state index contributed by atoms with van der Waals surface area (Å²) >= 11 is 0. The molecule has 0 aliphatic carbocycles. The van der Waals surface area contributed by atoms with Crippen molar-refractivity contribution in [3.05, 3.63) is 52.6 Å². The maximum absolute atomic E-state index is 12.5. The number of non-ortho nitro benzene ring substituents is 1. The number of carbonyl (C=O) groups excluding carboxylic acids is 3. The van der Waals surface area contributed by atoms with Crippen LogP contribution in [-0.2, 0) is 14.4 Å². The van der Waals surface area contributed by atoms with Crippen LogP contribution in [0.1, 0.15) is 6.92 Å². The van der Waals surface area contributed by atoms with Gasteiger partial charge in [-0.15, -0.1) is 0 Å². The minimum absolute atomic E-state index is 0.0779. The first-order valence-electron chi connectivity index (χ1n) is 7.58. The number of methoxy groups -OCH3 is 1. The van der Waals surface area contributed by atoms with Crippen LogP contribution in [0.4, 0.5) is 22.7 Å². The van der Waals surface area contributed by atoms with Gasteiger partial charge in [0.2, 0.25) is 5.91 Å². The van der Waals surface area contributed by atoms with Crippen LogP contribution < -0.4 is 20.7 Å². The van der Waals surface area contributed by atoms with E-state index in [1.54, 1.807) is 0 Å². The molecular weight excluding hydrogens is 356 g/mol. The molecule has 0 aromatic heterocycles. The van der Waals surface area contributed by atoms with E-state index in [9.17, 15) is 24.5 Å². The van der Waals surface area contributed by atoms with Gasteiger partial charge in [-0.25, -0.2) is 4.90 Å². The van der Waals surface area contributed by atoms with Gasteiger partial charge in [-0.3, -0.25) is 24.5 Å². The number of nitro groups is 1. The average Bonchev–Trinajstić information content (AvgIpc) is 2.62. The molecule has 2 rings (SSSR count). The Hall–Kier alpha value is -3.95. The maximum Gasteiger partial charge on any atom is 0.323 e. The molecule has 0 atom stereocenters. The van der Waals surface area contributed by atoms with E-state index in [1.807, 2.05) is 0 Å². The third-order valence-electron chi connectivity index (χ3n) is 3.51. The predicted molar refractivity (Wildman–Crippen MR) is 97.3 cm³/mol. The Labute approximate surface area is 153 Å². The minimum Gasteiger partial charge on any atom is -0.495 e. The molecule has 10 heteroatoms. The lowest BCUT2D eigenvalue weighted by molar-refractivity contribution is -0.384. The Morgan fingerprint density at radius 1 is 1.15 bits per heavy atom. The zero-order chi connectivity index (χ0) is 20.1. The smallest absolute Gasteiger partial charge is 0.323 e. The molecule has 0 spiro atoms. The van der Waals surface area contributed by atoms with Crippen LogP contribution in [0.3, 0.4) is 0 Å². The lowest BCUT2D eigenvalue weighted by Gasteiger charge is -2.19. The highest BCUT2D eigenvalue weighted by atomic mass is 16.6. The molecule has 0 heterocycles. The molecule has 10 nitrogen and oxygen atoms in total. The molecular formula is C17H16N4O6. The molecule has 3 N–H and O–H groups in total. The van der Waals surface area contributed by atoms with Crippen LogP contribution in [0, 0.1) is 10.1 Å². The molecule has 3 amide bonds. The number of imide groups is 1. The van der Waals surface area contributed by atoms with Crippen molar-refractivity contribution in [2.75, 3.05) is 23.1 Å². The van der Waals surface area contributed by atoms with Gasteiger partial charge in [-0.1, -0.05) is 0 Å². The third kappa shape index (κ3) is 4.37. The number of nitro benzene ring substituents is 1. The third-order valence-corrected chi connectivity index (χ3v) is 3.51. The number of nitrogens with one attached hydrogen (secondary N) is 1. The number of carbonyl (C=O) groups is 3. The van der Waals surface area contributed by atoms with Gasteiger partial charge in [0.1, 0.15) is 5.75 Å². The first-order valence-corrected chi connectivity index (χ1v) is 7.58. The zero-order valence-electron chi connectivity index (χ0n) is 14.5. The van der Waals surface area contributed by atoms with Crippen LogP contribution in [0.15, 0.2) is 42.5 Å². The second-order valence-electron chi connectivity index (χ2n) is 5.35. The number of nitrogens with zero attached hydrogens (tertiary/aromatic N) is 2. The lowest BCUT2D eigenvalue weighted by Crippen LogP contribution is -2.42. The standard InChI is InChI=1S/C17H16N4O6/c1-10(22)20(12-5-3-11(18)4-6-12)17(24)16(23)19-14-9-13(21(25)26)7-8-15(14)27-2/h3-9H,18H2,1-2H3,(H,19,23). The first-order chi connectivity index (χ1) is 12.7. The van der Waals surface area contributed by atoms with Crippen molar-refractivity contribution in [3.63, 3.8) is 0 Å². The molecule has 0 unspecified atom stereocenters. The van der Waals surface area contributed by atoms with Crippen LogP contribution in [0.2, 0.25) is 0 Å². The Bertz CT molecular complexity index is 910. The molecule has 0 bridgehead atoms. The molecule has 27 heavy (non-hydrogen) atoms. The Balaban J connectivity index is 2.32. The van der Waals surface area contributed by atoms with E-state index in [2.05, 4.69) is 5.32 Å². The molecule has 0 fully saturated rings. The summed E-state index contributed by atoms with van der Waals surface area (Å²) in [5.74, 6) is -2.91. The number of anilines is 3. The fourth-order valence-electron chi connectivity index (χ4n) is 2.25. The van der Waals surface area contributed by atoms with Crippen molar-refractivity contribution in [1.29, 1.82) is 0 Å². The Morgan fingerprint density at radius 2 is 1.78 bits per heavy atom. The van der Waals surface area contributed by atoms with E-state index >= 15 is 0 Å². The predicted octanol–water partition coefficient (Wildman–Crippen LogP) is 1.70. The van der Waals surface area contributed by atoms with Crippen molar-refractivity contribution < 1.29 is 24.0 Å². The number of nitrogens with two attached hydrogens (primary N) is 1. The summed E-state index contributed by atoms with van der Waals surface area (Å²) in [6, 6.07) is 9.28. The number of hydrogen-bond donors (Lipinski definition) is 2. The maximum atomic E-state index is 12.5. The van der Waals surface area contributed by atoms with Gasteiger partial charge in [-0.2, -0.15) is 0 Å². The van der Waals surface area contributed by atoms with Crippen molar-refractivity contribution >= 4 is 40.5 Å². The van der Waals surface area contributed by atoms with E-state index < -0.39 is 22.6 Å². The first kappa shape index (κ1) is 19.4. The number of rotatable bonds is 4. The van der Waals surface area contributed by atoms with Gasteiger partial charge >= 0.3 is 11.8 Å². The molecule has 140 valence electrons. The monoisotopic (exact) mass is 372 g/mol. The summed E-state index contributed by atoms with van der Waals surface area (Å²) in [5, 5.41) is 13.1. The fourth-order valence-corrected chi connectivity index (χ4v) is 2.25. The summed E-state index contributed by atoms with van der Waals surface area (Å²) in [6.45, 7) is 1.12. The van der Waals surface area contributed by atoms with Crippen molar-refractivity contribution in [1.82, 2.24) is 0 Å². The van der Waals surface area contributed by atoms with E-state index in [0.29, 0.717) is 10.6 Å². The second-order valence-corrected chi connectivity index (χ2v) is 5.35. The molecule has 0 aliphatic heterocycles. The van der Waals surface area contributed by atoms with Gasteiger partial charge in [0.05, 0.1) is 23.4 Å². The van der Waals surface area contributed by atoms with E-state index in [0.717, 1.165) is 13.0 Å². The van der Waals surface area contributed by atoms with E-state index in [1.165, 1.54) is 43.5 Å². The largest absolute Gasteiger partial charge is 0.495 e. The quantitative estimate of drug-likeness (QED) is 0.359. The number of ether oxygens (including phenoxy) is 1. The van der Waals surface area contributed by atoms with E-state index in [4.69, 9.17) is 10.5 Å². The Kier molecular flexibility index (Phi) is 5.71. The molecule has 0 aliphatic rings. The number of hydrogen-bond acceptors (Lipinski definition) is 7. The summed E-state index contributed by atoms with van der Waals surface area (Å²) in [5.41, 5.74) is 5.76. The van der Waals surface area contributed by atoms with Gasteiger partial charge in [0.15, 0.2) is 0 Å². The zero-order valence-corrected chi connectivity index (χ0v) is 14.5. The van der Waals surface area contributed by atoms with Crippen molar-refractivity contribution in [2.24, 2.45) is 0 Å². The van der Waals surface area contributed by atoms with Crippen LogP contribution in [0.25, 0.3) is 0 Å². The molecule has 2 aromatic rings. The van der Waals surface area contributed by atoms with Crippen LogP contribution in [-0.4, -0.2) is 29.8 Å². The van der Waals surface area contributed by atoms with Gasteiger partial charge in [-0.05, 0) is 30.3 Å². The van der Waals surface area contributed by atoms with Crippen LogP contribution >= 0.6 is 0 Å². The van der Waals surface area contributed by atoms with Gasteiger partial charge < -0.3 is 15.8 Å². The summed E-state index contributed by atoms with van der Waals surface area (Å²) in [7, 11) is 1.30. The molecule has 0 saturated heterocycles. The van der Waals surface area contributed by atoms with Crippen molar-refractivity contribution in [2.45, 2.75) is 6.92 Å². The van der Waals surface area contributed by atoms with Gasteiger partial charge in [0, 0.05) is 24.7 Å². The Morgan fingerprint density at radius 3 is 2.30 bits per heavy atom. The summed E-state index contributed by atoms with van der Waals surface area (Å²) in [6.07, 6.45) is 0. The summed E-state index contributed by atoms with van der Waals surface area (Å²) in [4.78, 5) is 47.6. The highest BCUT2D eigenvalue weighted by molar-refractivity contribution is 6.48. The molecule has 0 saturated carbocycles. The molecule has 0 radical (unpaired) electrons. The van der Waals surface area contributed by atoms with Gasteiger partial charge in [0.25, 0.3) is 5.69 Å². The highest BCUT2D eigenvalue weighted by Gasteiger charge is 2.28. The van der Waals surface area contributed by atoms with Crippen LogP contribution in [0.5, 0.6) is 5.75 Å². The number of benzene rings is 2. The van der Waals surface area contributed by atoms with Crippen molar-refractivity contribution in [3.8, 4) is 5.75 Å². The fraction of sp³-hybridized carbons (Fsp3) is 0.118. The topological polar surface area (TPSA) is 145 Å². The average molecular weight is 372 g/mol. The highest BCUT2D eigenvalue weighted by Crippen LogP contribution is 2.29. The summed E-state index contributed by atoms with van der Waals surface area (Å²) < 4.78 is 5.02. The normalized spacial score (nSPS) is 10.0. The molecule has 2 aromatic carbocycles. The second kappa shape index (κ2) is 7.95. The number of amides is 3. The van der Waals surface area contributed by atoms with E-state index in [-0.39, 0.29) is 22.8 Å². The number of nitrogen functional groups attached to an aromatic ring is 1. The minimum atomic E-state index is -1.17. The SMILES string of the molecule is COc1ccc([N+](=O)[O-])cc1NC(=O)C(=O)N(C(C)=O)c1ccc(N)cc1. The lowest BCUT2D eigenvalue weighted by atomic mass is 10.2.